The van der Waals surface area contributed by atoms with Crippen LogP contribution in [0.3, 0.4) is 0 Å². The van der Waals surface area contributed by atoms with E-state index in [9.17, 15) is 9.18 Å². The van der Waals surface area contributed by atoms with E-state index in [-0.39, 0.29) is 16.7 Å². The van der Waals surface area contributed by atoms with Crippen LogP contribution in [0, 0.1) is 5.82 Å². The lowest BCUT2D eigenvalue weighted by molar-refractivity contribution is 0.0593. The summed E-state index contributed by atoms with van der Waals surface area (Å²) in [5, 5.41) is 0.103. The summed E-state index contributed by atoms with van der Waals surface area (Å²) in [6.45, 7) is 6.50. The van der Waals surface area contributed by atoms with Crippen LogP contribution in [0.1, 0.15) is 21.7 Å². The number of ether oxygens (including phenoxy) is 1. The first-order valence-corrected chi connectivity index (χ1v) is 11.3. The molecule has 4 nitrogen and oxygen atoms in total. The Labute approximate surface area is 146 Å². The third-order valence-corrected chi connectivity index (χ3v) is 4.53. The standard InChI is InChI=1S/C17H18ClFN2O2Si/c1-23-17(22)14-9-20-15(16(18)21-14)13(10-24(2,3)4)11-5-7-12(19)8-6-11/h5-10H,1-4H3. The Balaban J connectivity index is 2.58. The second-order valence-corrected chi connectivity index (χ2v) is 11.7. The summed E-state index contributed by atoms with van der Waals surface area (Å²) in [6, 6.07) is 6.12. The molecule has 0 saturated carbocycles. The van der Waals surface area contributed by atoms with Gasteiger partial charge in [0.1, 0.15) is 11.5 Å². The summed E-state index contributed by atoms with van der Waals surface area (Å²) >= 11 is 6.25. The Morgan fingerprint density at radius 1 is 1.25 bits per heavy atom. The maximum absolute atomic E-state index is 13.2. The molecule has 1 heterocycles. The third kappa shape index (κ3) is 4.49. The van der Waals surface area contributed by atoms with Crippen LogP contribution in [-0.2, 0) is 4.74 Å². The van der Waals surface area contributed by atoms with Gasteiger partial charge >= 0.3 is 5.97 Å². The van der Waals surface area contributed by atoms with Crippen LogP contribution in [0.15, 0.2) is 36.2 Å². The van der Waals surface area contributed by atoms with Gasteiger partial charge in [0.05, 0.1) is 21.4 Å². The van der Waals surface area contributed by atoms with Crippen LogP contribution in [-0.4, -0.2) is 31.1 Å². The molecule has 0 saturated heterocycles. The summed E-state index contributed by atoms with van der Waals surface area (Å²) in [4.78, 5) is 19.9. The van der Waals surface area contributed by atoms with Crippen molar-refractivity contribution in [3.8, 4) is 0 Å². The van der Waals surface area contributed by atoms with Gasteiger partial charge in [0, 0.05) is 5.57 Å². The topological polar surface area (TPSA) is 52.1 Å². The molecule has 0 fully saturated rings. The molecule has 1 aromatic carbocycles. The van der Waals surface area contributed by atoms with Crippen molar-refractivity contribution in [3.63, 3.8) is 0 Å². The Kier molecular flexibility index (Phi) is 5.51. The predicted molar refractivity (Wildman–Crippen MR) is 95.2 cm³/mol. The zero-order valence-electron chi connectivity index (χ0n) is 13.9. The molecule has 0 spiro atoms. The first-order valence-electron chi connectivity index (χ1n) is 7.31. The number of carbonyl (C=O) groups is 1. The number of carbonyl (C=O) groups excluding carboxylic acids is 1. The van der Waals surface area contributed by atoms with E-state index in [2.05, 4.69) is 40.0 Å². The molecular formula is C17H18ClFN2O2Si. The van der Waals surface area contributed by atoms with Crippen LogP contribution in [0.4, 0.5) is 4.39 Å². The molecule has 2 rings (SSSR count). The van der Waals surface area contributed by atoms with Gasteiger partial charge in [0.25, 0.3) is 0 Å². The number of aromatic nitrogens is 2. The van der Waals surface area contributed by atoms with Crippen LogP contribution in [0.5, 0.6) is 0 Å². The Hall–Kier alpha value is -2.05. The molecule has 0 amide bonds. The molecule has 0 aliphatic rings. The van der Waals surface area contributed by atoms with Crippen LogP contribution in [0.2, 0.25) is 24.8 Å². The molecule has 0 radical (unpaired) electrons. The van der Waals surface area contributed by atoms with E-state index in [1.54, 1.807) is 12.1 Å². The lowest BCUT2D eigenvalue weighted by Gasteiger charge is -2.16. The fourth-order valence-electron chi connectivity index (χ4n) is 2.10. The summed E-state index contributed by atoms with van der Waals surface area (Å²) in [5.74, 6) is -0.919. The quantitative estimate of drug-likeness (QED) is 0.597. The van der Waals surface area contributed by atoms with Crippen molar-refractivity contribution in [1.29, 1.82) is 0 Å². The second-order valence-electron chi connectivity index (χ2n) is 6.32. The molecule has 0 unspecified atom stereocenters. The van der Waals surface area contributed by atoms with Gasteiger partial charge in [-0.2, -0.15) is 0 Å². The largest absolute Gasteiger partial charge is 0.464 e. The molecule has 1 aromatic heterocycles. The zero-order chi connectivity index (χ0) is 17.9. The molecule has 0 bridgehead atoms. The average molecular weight is 365 g/mol. The van der Waals surface area contributed by atoms with E-state index in [0.717, 1.165) is 11.1 Å². The van der Waals surface area contributed by atoms with E-state index in [1.807, 2.05) is 0 Å². The summed E-state index contributed by atoms with van der Waals surface area (Å²) in [6.07, 6.45) is 1.33. The number of benzene rings is 1. The van der Waals surface area contributed by atoms with Crippen molar-refractivity contribution in [1.82, 2.24) is 9.97 Å². The van der Waals surface area contributed by atoms with Gasteiger partial charge in [-0.05, 0) is 17.7 Å². The summed E-state index contributed by atoms with van der Waals surface area (Å²) in [5.41, 5.74) is 4.19. The molecule has 0 aliphatic heterocycles. The highest BCUT2D eigenvalue weighted by atomic mass is 35.5. The van der Waals surface area contributed by atoms with Crippen molar-refractivity contribution in [2.75, 3.05) is 7.11 Å². The molecule has 126 valence electrons. The zero-order valence-corrected chi connectivity index (χ0v) is 15.7. The van der Waals surface area contributed by atoms with Crippen molar-refractivity contribution in [2.45, 2.75) is 19.6 Å². The van der Waals surface area contributed by atoms with E-state index in [4.69, 9.17) is 11.6 Å². The fraction of sp³-hybridized carbons (Fsp3) is 0.235. The number of rotatable bonds is 4. The first-order chi connectivity index (χ1) is 11.2. The number of hydrogen-bond acceptors (Lipinski definition) is 4. The Bertz CT molecular complexity index is 786. The highest BCUT2D eigenvalue weighted by molar-refractivity contribution is 6.81. The molecule has 0 N–H and O–H groups in total. The molecule has 7 heteroatoms. The lowest BCUT2D eigenvalue weighted by atomic mass is 10.0. The number of hydrogen-bond donors (Lipinski definition) is 0. The maximum atomic E-state index is 13.2. The number of esters is 1. The molecule has 0 aliphatic carbocycles. The number of nitrogens with zero attached hydrogens (tertiary/aromatic N) is 2. The lowest BCUT2D eigenvalue weighted by Crippen LogP contribution is -2.17. The van der Waals surface area contributed by atoms with Gasteiger partial charge in [-0.3, -0.25) is 4.98 Å². The second kappa shape index (κ2) is 7.23. The van der Waals surface area contributed by atoms with Crippen molar-refractivity contribution in [3.05, 3.63) is 64.1 Å². The number of methoxy groups -OCH3 is 1. The molecule has 24 heavy (non-hydrogen) atoms. The molecule has 0 atom stereocenters. The highest BCUT2D eigenvalue weighted by Crippen LogP contribution is 2.29. The Morgan fingerprint density at radius 2 is 1.88 bits per heavy atom. The summed E-state index contributed by atoms with van der Waals surface area (Å²) < 4.78 is 17.9. The van der Waals surface area contributed by atoms with E-state index < -0.39 is 14.0 Å². The highest BCUT2D eigenvalue weighted by Gasteiger charge is 2.19. The van der Waals surface area contributed by atoms with E-state index in [1.165, 1.54) is 25.4 Å². The minimum absolute atomic E-state index is 0.0395. The normalized spacial score (nSPS) is 12.2. The fourth-order valence-corrected chi connectivity index (χ4v) is 3.51. The molecule has 2 aromatic rings. The van der Waals surface area contributed by atoms with Crippen LogP contribution < -0.4 is 0 Å². The van der Waals surface area contributed by atoms with Gasteiger partial charge in [0.15, 0.2) is 10.8 Å². The van der Waals surface area contributed by atoms with Crippen molar-refractivity contribution in [2.24, 2.45) is 0 Å². The van der Waals surface area contributed by atoms with Gasteiger partial charge in [-0.1, -0.05) is 49.1 Å². The minimum Gasteiger partial charge on any atom is -0.464 e. The third-order valence-electron chi connectivity index (χ3n) is 3.11. The van der Waals surface area contributed by atoms with Gasteiger partial charge < -0.3 is 4.74 Å². The maximum Gasteiger partial charge on any atom is 0.358 e. The number of halogens is 2. The SMILES string of the molecule is COC(=O)c1cnc(C(=C[Si](C)(C)C)c2ccc(F)cc2)c(Cl)n1. The van der Waals surface area contributed by atoms with Gasteiger partial charge in [-0.15, -0.1) is 0 Å². The van der Waals surface area contributed by atoms with E-state index >= 15 is 0 Å². The average Bonchev–Trinajstić information content (AvgIpc) is 2.52. The van der Waals surface area contributed by atoms with Gasteiger partial charge in [-0.25, -0.2) is 14.2 Å². The van der Waals surface area contributed by atoms with Crippen molar-refractivity contribution < 1.29 is 13.9 Å². The van der Waals surface area contributed by atoms with Crippen LogP contribution in [0.25, 0.3) is 5.57 Å². The van der Waals surface area contributed by atoms with Gasteiger partial charge in [0.2, 0.25) is 0 Å². The summed E-state index contributed by atoms with van der Waals surface area (Å²) in [7, 11) is -0.374. The van der Waals surface area contributed by atoms with Crippen molar-refractivity contribution >= 4 is 31.2 Å². The van der Waals surface area contributed by atoms with E-state index in [0.29, 0.717) is 5.69 Å². The van der Waals surface area contributed by atoms with Crippen LogP contribution >= 0.6 is 11.6 Å². The smallest absolute Gasteiger partial charge is 0.358 e. The monoisotopic (exact) mass is 364 g/mol. The Morgan fingerprint density at radius 3 is 2.38 bits per heavy atom. The minimum atomic E-state index is -1.64. The predicted octanol–water partition coefficient (Wildman–Crippen LogP) is 4.36. The molecular weight excluding hydrogens is 347 g/mol. The first kappa shape index (κ1) is 18.3.